The summed E-state index contributed by atoms with van der Waals surface area (Å²) in [6.45, 7) is 5.86. The van der Waals surface area contributed by atoms with Crippen LogP contribution in [0.25, 0.3) is 0 Å². The van der Waals surface area contributed by atoms with Gasteiger partial charge in [0.25, 0.3) is 0 Å². The molecule has 0 saturated heterocycles. The highest BCUT2D eigenvalue weighted by Gasteiger charge is 2.35. The first-order valence-electron chi connectivity index (χ1n) is 5.34. The van der Waals surface area contributed by atoms with E-state index in [4.69, 9.17) is 16.7 Å². The van der Waals surface area contributed by atoms with Gasteiger partial charge in [-0.1, -0.05) is 11.6 Å². The minimum Gasteiger partial charge on any atom is -0.478 e. The van der Waals surface area contributed by atoms with E-state index >= 15 is 0 Å². The number of aromatic nitrogens is 2. The van der Waals surface area contributed by atoms with Crippen molar-refractivity contribution in [1.29, 1.82) is 0 Å². The van der Waals surface area contributed by atoms with Gasteiger partial charge in [0.15, 0.2) is 0 Å². The Hall–Kier alpha value is -1.03. The molecule has 0 bridgehead atoms. The van der Waals surface area contributed by atoms with Crippen LogP contribution in [0.5, 0.6) is 0 Å². The van der Waals surface area contributed by atoms with Crippen molar-refractivity contribution in [2.24, 2.45) is 0 Å². The van der Waals surface area contributed by atoms with Gasteiger partial charge in [0.05, 0.1) is 11.2 Å². The SMILES string of the molecule is CC(C)(C)n1nc(C2CC2)c(C(=O)O)c1Cl. The number of carbonyl (C=O) groups is 1. The lowest BCUT2D eigenvalue weighted by atomic mass is 10.1. The molecule has 1 fully saturated rings. The van der Waals surface area contributed by atoms with E-state index in [1.165, 1.54) is 0 Å². The highest BCUT2D eigenvalue weighted by molar-refractivity contribution is 6.32. The van der Waals surface area contributed by atoms with Gasteiger partial charge < -0.3 is 5.11 Å². The number of halogens is 1. The molecule has 1 aromatic heterocycles. The standard InChI is InChI=1S/C11H15ClN2O2/c1-11(2,3)14-9(12)7(10(15)16)8(13-14)6-4-5-6/h6H,4-5H2,1-3H3,(H,15,16). The Labute approximate surface area is 99.2 Å². The van der Waals surface area contributed by atoms with Gasteiger partial charge in [-0.2, -0.15) is 5.10 Å². The molecule has 0 unspecified atom stereocenters. The van der Waals surface area contributed by atoms with Gasteiger partial charge >= 0.3 is 5.97 Å². The Balaban J connectivity index is 2.57. The molecule has 4 nitrogen and oxygen atoms in total. The minimum absolute atomic E-state index is 0.180. The normalized spacial score (nSPS) is 16.5. The van der Waals surface area contributed by atoms with Gasteiger partial charge in [0, 0.05) is 5.92 Å². The summed E-state index contributed by atoms with van der Waals surface area (Å²) in [6.07, 6.45) is 2.02. The average Bonchev–Trinajstić information content (AvgIpc) is 2.87. The largest absolute Gasteiger partial charge is 0.478 e. The van der Waals surface area contributed by atoms with E-state index in [9.17, 15) is 4.79 Å². The third kappa shape index (κ3) is 1.82. The molecule has 5 heteroatoms. The maximum absolute atomic E-state index is 11.2. The summed E-state index contributed by atoms with van der Waals surface area (Å²) in [5, 5.41) is 13.8. The van der Waals surface area contributed by atoms with Crippen molar-refractivity contribution in [2.45, 2.75) is 45.1 Å². The number of hydrogen-bond donors (Lipinski definition) is 1. The Morgan fingerprint density at radius 1 is 1.50 bits per heavy atom. The summed E-state index contributed by atoms with van der Waals surface area (Å²) >= 11 is 6.10. The zero-order valence-corrected chi connectivity index (χ0v) is 10.4. The fourth-order valence-corrected chi connectivity index (χ4v) is 2.17. The number of carboxylic acids is 1. The predicted octanol–water partition coefficient (Wildman–Crippen LogP) is 2.87. The first kappa shape index (κ1) is 11.5. The monoisotopic (exact) mass is 242 g/mol. The molecule has 1 N–H and O–H groups in total. The Kier molecular flexibility index (Phi) is 2.49. The third-order valence-electron chi connectivity index (χ3n) is 2.67. The van der Waals surface area contributed by atoms with E-state index in [0.717, 1.165) is 12.8 Å². The zero-order valence-electron chi connectivity index (χ0n) is 9.62. The van der Waals surface area contributed by atoms with E-state index in [-0.39, 0.29) is 22.2 Å². The van der Waals surface area contributed by atoms with Crippen molar-refractivity contribution in [3.8, 4) is 0 Å². The van der Waals surface area contributed by atoms with E-state index < -0.39 is 5.97 Å². The van der Waals surface area contributed by atoms with E-state index in [1.807, 2.05) is 20.8 Å². The molecule has 2 rings (SSSR count). The average molecular weight is 243 g/mol. The molecule has 1 aliphatic rings. The van der Waals surface area contributed by atoms with Gasteiger partial charge in [-0.3, -0.25) is 0 Å². The van der Waals surface area contributed by atoms with Crippen molar-refractivity contribution >= 4 is 17.6 Å². The molecular formula is C11H15ClN2O2. The Morgan fingerprint density at radius 3 is 2.44 bits per heavy atom. The maximum Gasteiger partial charge on any atom is 0.340 e. The predicted molar refractivity (Wildman–Crippen MR) is 61.2 cm³/mol. The molecule has 0 atom stereocenters. The van der Waals surface area contributed by atoms with Crippen LogP contribution in [0.15, 0.2) is 0 Å². The molecule has 0 radical (unpaired) electrons. The molecule has 0 aliphatic heterocycles. The second-order valence-corrected chi connectivity index (χ2v) is 5.57. The summed E-state index contributed by atoms with van der Waals surface area (Å²) in [4.78, 5) is 11.2. The summed E-state index contributed by atoms with van der Waals surface area (Å²) in [5.74, 6) is -0.699. The van der Waals surface area contributed by atoms with Gasteiger partial charge in [-0.15, -0.1) is 0 Å². The van der Waals surface area contributed by atoms with Crippen molar-refractivity contribution in [2.75, 3.05) is 0 Å². The van der Waals surface area contributed by atoms with E-state index in [2.05, 4.69) is 5.10 Å². The molecule has 0 amide bonds. The van der Waals surface area contributed by atoms with Crippen LogP contribution in [-0.2, 0) is 5.54 Å². The van der Waals surface area contributed by atoms with Crippen molar-refractivity contribution < 1.29 is 9.90 Å². The molecule has 0 spiro atoms. The van der Waals surface area contributed by atoms with Gasteiger partial charge in [0.2, 0.25) is 0 Å². The maximum atomic E-state index is 11.2. The van der Waals surface area contributed by atoms with E-state index in [0.29, 0.717) is 5.69 Å². The molecule has 1 saturated carbocycles. The van der Waals surface area contributed by atoms with Crippen molar-refractivity contribution in [3.63, 3.8) is 0 Å². The van der Waals surface area contributed by atoms with Crippen LogP contribution in [-0.4, -0.2) is 20.9 Å². The second-order valence-electron chi connectivity index (χ2n) is 5.21. The van der Waals surface area contributed by atoms with Crippen molar-refractivity contribution in [3.05, 3.63) is 16.4 Å². The quantitative estimate of drug-likeness (QED) is 0.868. The fraction of sp³-hybridized carbons (Fsp3) is 0.636. The molecule has 88 valence electrons. The molecule has 1 heterocycles. The van der Waals surface area contributed by atoms with Crippen LogP contribution in [0.1, 0.15) is 55.6 Å². The summed E-state index contributed by atoms with van der Waals surface area (Å²) < 4.78 is 1.60. The van der Waals surface area contributed by atoms with Crippen LogP contribution in [0.3, 0.4) is 0 Å². The van der Waals surface area contributed by atoms with Gasteiger partial charge in [-0.05, 0) is 33.6 Å². The molecule has 16 heavy (non-hydrogen) atoms. The van der Waals surface area contributed by atoms with Crippen molar-refractivity contribution in [1.82, 2.24) is 9.78 Å². The summed E-state index contributed by atoms with van der Waals surface area (Å²) in [7, 11) is 0. The lowest BCUT2D eigenvalue weighted by molar-refractivity contribution is 0.0695. The topological polar surface area (TPSA) is 55.1 Å². The fourth-order valence-electron chi connectivity index (χ4n) is 1.70. The number of hydrogen-bond acceptors (Lipinski definition) is 2. The Bertz CT molecular complexity index is 442. The first-order chi connectivity index (χ1) is 7.32. The molecule has 0 aromatic carbocycles. The third-order valence-corrected chi connectivity index (χ3v) is 3.02. The minimum atomic E-state index is -0.984. The summed E-state index contributed by atoms with van der Waals surface area (Å²) in [5.41, 5.74) is 0.528. The molecule has 1 aromatic rings. The van der Waals surface area contributed by atoms with E-state index in [1.54, 1.807) is 4.68 Å². The second kappa shape index (κ2) is 3.48. The summed E-state index contributed by atoms with van der Waals surface area (Å²) in [6, 6.07) is 0. The molecule has 1 aliphatic carbocycles. The number of rotatable bonds is 2. The van der Waals surface area contributed by atoms with Crippen LogP contribution in [0, 0.1) is 0 Å². The molecular weight excluding hydrogens is 228 g/mol. The van der Waals surface area contributed by atoms with Crippen LogP contribution in [0.2, 0.25) is 5.15 Å². The van der Waals surface area contributed by atoms with Gasteiger partial charge in [-0.25, -0.2) is 9.48 Å². The highest BCUT2D eigenvalue weighted by atomic mass is 35.5. The van der Waals surface area contributed by atoms with Crippen LogP contribution in [0.4, 0.5) is 0 Å². The smallest absolute Gasteiger partial charge is 0.340 e. The lowest BCUT2D eigenvalue weighted by Gasteiger charge is -2.20. The van der Waals surface area contributed by atoms with Gasteiger partial charge in [0.1, 0.15) is 10.7 Å². The van der Waals surface area contributed by atoms with Crippen LogP contribution >= 0.6 is 11.6 Å². The van der Waals surface area contributed by atoms with Crippen LogP contribution < -0.4 is 0 Å². The Morgan fingerprint density at radius 2 is 2.06 bits per heavy atom. The first-order valence-corrected chi connectivity index (χ1v) is 5.72. The number of aromatic carboxylic acids is 1. The zero-order chi connectivity index (χ0) is 12.1. The highest BCUT2D eigenvalue weighted by Crippen LogP contribution is 2.43. The number of nitrogens with zero attached hydrogens (tertiary/aromatic N) is 2. The number of carboxylic acid groups (broad SMARTS) is 1. The lowest BCUT2D eigenvalue weighted by Crippen LogP contribution is -2.23.